The Morgan fingerprint density at radius 3 is 1.93 bits per heavy atom. The number of carbonyl (C=O) groups is 2. The molecule has 0 radical (unpaired) electrons. The van der Waals surface area contributed by atoms with E-state index in [9.17, 15) is 14.7 Å². The van der Waals surface area contributed by atoms with Gasteiger partial charge in [-0.15, -0.1) is 0 Å². The molecule has 0 bridgehead atoms. The van der Waals surface area contributed by atoms with Crippen LogP contribution in [0.5, 0.6) is 0 Å². The van der Waals surface area contributed by atoms with Gasteiger partial charge >= 0.3 is 0 Å². The molecule has 4 aromatic carbocycles. The fourth-order valence-electron chi connectivity index (χ4n) is 5.48. The van der Waals surface area contributed by atoms with E-state index >= 15 is 0 Å². The maximum absolute atomic E-state index is 13.7. The highest BCUT2D eigenvalue weighted by molar-refractivity contribution is 7.99. The zero-order valence-corrected chi connectivity index (χ0v) is 24.6. The highest BCUT2D eigenvalue weighted by atomic mass is 32.2. The summed E-state index contributed by atoms with van der Waals surface area (Å²) in [5.41, 5.74) is 2.89. The van der Waals surface area contributed by atoms with Crippen LogP contribution in [0.4, 0.5) is 0 Å². The van der Waals surface area contributed by atoms with E-state index < -0.39 is 41.6 Å². The minimum Gasteiger partial charge on any atom is -0.388 e. The van der Waals surface area contributed by atoms with E-state index in [1.54, 1.807) is 24.3 Å². The van der Waals surface area contributed by atoms with Crippen molar-refractivity contribution in [1.29, 1.82) is 0 Å². The Morgan fingerprint density at radius 1 is 0.767 bits per heavy atom. The second kappa shape index (κ2) is 13.2. The van der Waals surface area contributed by atoms with E-state index in [1.165, 1.54) is 11.8 Å². The fraction of sp³-hybridized carbons (Fsp3) is 0.257. The Balaban J connectivity index is 1.32. The number of thioether (sulfide) groups is 1. The second-order valence-electron chi connectivity index (χ2n) is 10.7. The number of ether oxygens (including phenoxy) is 3. The molecule has 2 amide bonds. The summed E-state index contributed by atoms with van der Waals surface area (Å²) in [7, 11) is 0. The van der Waals surface area contributed by atoms with Crippen LogP contribution in [0.1, 0.15) is 37.4 Å². The van der Waals surface area contributed by atoms with Gasteiger partial charge in [-0.2, -0.15) is 0 Å². The summed E-state index contributed by atoms with van der Waals surface area (Å²) < 4.78 is 19.1. The summed E-state index contributed by atoms with van der Waals surface area (Å²) in [4.78, 5) is 29.3. The zero-order chi connectivity index (χ0) is 29.8. The van der Waals surface area contributed by atoms with E-state index in [2.05, 4.69) is 0 Å². The van der Waals surface area contributed by atoms with Crippen LogP contribution in [0.15, 0.2) is 114 Å². The first-order valence-electron chi connectivity index (χ1n) is 14.3. The molecule has 0 spiro atoms. The molecule has 1 fully saturated rings. The lowest BCUT2D eigenvalue weighted by molar-refractivity contribution is -0.208. The topological polar surface area (TPSA) is 85.3 Å². The molecule has 2 aliphatic heterocycles. The van der Waals surface area contributed by atoms with Gasteiger partial charge in [-0.3, -0.25) is 14.5 Å². The molecule has 0 saturated carbocycles. The standard InChI is InChI=1S/C35H33NO6S/c1-23-16-18-26(19-17-23)43-35-30(36-33(38)27-14-8-9-15-28(27)34(36)39)31(37)32(41-21-25-12-6-3-7-13-25)29(42-35)22-40-20-24-10-4-2-5-11-24/h2-19,29-32,35,37H,20-22H2,1H3/t29-,30-,31-,32-,35+/m1/s1. The number of aliphatic hydroxyl groups excluding tert-OH is 1. The lowest BCUT2D eigenvalue weighted by atomic mass is 9.96. The number of fused-ring (bicyclic) bond motifs is 1. The van der Waals surface area contributed by atoms with Crippen molar-refractivity contribution in [2.75, 3.05) is 6.61 Å². The number of hydrogen-bond acceptors (Lipinski definition) is 7. The Hall–Kier alpha value is -3.79. The monoisotopic (exact) mass is 595 g/mol. The molecule has 6 rings (SSSR count). The number of benzene rings is 4. The molecule has 5 atom stereocenters. The largest absolute Gasteiger partial charge is 0.388 e. The van der Waals surface area contributed by atoms with Crippen molar-refractivity contribution in [3.05, 3.63) is 137 Å². The summed E-state index contributed by atoms with van der Waals surface area (Å²) in [5.74, 6) is -0.910. The number of amides is 2. The van der Waals surface area contributed by atoms with Gasteiger partial charge in [0.1, 0.15) is 29.8 Å². The van der Waals surface area contributed by atoms with E-state index in [0.717, 1.165) is 26.5 Å². The van der Waals surface area contributed by atoms with E-state index in [-0.39, 0.29) is 13.2 Å². The number of nitrogens with zero attached hydrogens (tertiary/aromatic N) is 1. The number of aryl methyl sites for hydroxylation is 1. The summed E-state index contributed by atoms with van der Waals surface area (Å²) >= 11 is 1.37. The van der Waals surface area contributed by atoms with Crippen LogP contribution in [0.3, 0.4) is 0 Å². The van der Waals surface area contributed by atoms with Gasteiger partial charge in [-0.1, -0.05) is 102 Å². The normalized spacial score (nSPS) is 23.4. The second-order valence-corrected chi connectivity index (χ2v) is 11.9. The van der Waals surface area contributed by atoms with Crippen molar-refractivity contribution in [3.8, 4) is 0 Å². The van der Waals surface area contributed by atoms with Crippen molar-refractivity contribution in [3.63, 3.8) is 0 Å². The Morgan fingerprint density at radius 2 is 1.33 bits per heavy atom. The summed E-state index contributed by atoms with van der Waals surface area (Å²) in [6.07, 6.45) is -2.79. The van der Waals surface area contributed by atoms with Crippen LogP contribution in [0.25, 0.3) is 0 Å². The molecule has 8 heteroatoms. The average Bonchev–Trinajstić information content (AvgIpc) is 3.28. The molecule has 1 N–H and O–H groups in total. The van der Waals surface area contributed by atoms with Gasteiger partial charge in [-0.25, -0.2) is 0 Å². The quantitative estimate of drug-likeness (QED) is 0.238. The number of imide groups is 1. The average molecular weight is 596 g/mol. The first-order chi connectivity index (χ1) is 21.0. The molecule has 43 heavy (non-hydrogen) atoms. The van der Waals surface area contributed by atoms with Crippen LogP contribution >= 0.6 is 11.8 Å². The van der Waals surface area contributed by atoms with Crippen molar-refractivity contribution in [2.24, 2.45) is 0 Å². The molecule has 220 valence electrons. The predicted octanol–water partition coefficient (Wildman–Crippen LogP) is 5.64. The molecule has 2 aliphatic rings. The van der Waals surface area contributed by atoms with Crippen molar-refractivity contribution in [2.45, 2.75) is 54.8 Å². The minimum atomic E-state index is -1.24. The molecule has 1 saturated heterocycles. The molecule has 4 aromatic rings. The van der Waals surface area contributed by atoms with Gasteiger partial charge in [0.05, 0.1) is 30.9 Å². The van der Waals surface area contributed by atoms with Gasteiger partial charge < -0.3 is 19.3 Å². The number of hydrogen-bond donors (Lipinski definition) is 1. The Labute approximate surface area is 255 Å². The molecular weight excluding hydrogens is 562 g/mol. The third-order valence-corrected chi connectivity index (χ3v) is 8.88. The summed E-state index contributed by atoms with van der Waals surface area (Å²) in [6.45, 7) is 2.72. The molecular formula is C35H33NO6S. The van der Waals surface area contributed by atoms with Gasteiger partial charge in [0.15, 0.2) is 0 Å². The predicted molar refractivity (Wildman–Crippen MR) is 164 cm³/mol. The van der Waals surface area contributed by atoms with Crippen LogP contribution in [0, 0.1) is 6.92 Å². The van der Waals surface area contributed by atoms with Crippen molar-refractivity contribution in [1.82, 2.24) is 4.90 Å². The van der Waals surface area contributed by atoms with E-state index in [4.69, 9.17) is 14.2 Å². The molecule has 0 aromatic heterocycles. The minimum absolute atomic E-state index is 0.144. The van der Waals surface area contributed by atoms with E-state index in [1.807, 2.05) is 91.9 Å². The van der Waals surface area contributed by atoms with Crippen LogP contribution in [0.2, 0.25) is 0 Å². The maximum atomic E-state index is 13.7. The summed E-state index contributed by atoms with van der Waals surface area (Å²) in [6, 6.07) is 33.1. The van der Waals surface area contributed by atoms with Crippen molar-refractivity contribution >= 4 is 23.6 Å². The lowest BCUT2D eigenvalue weighted by Crippen LogP contribution is -2.65. The fourth-order valence-corrected chi connectivity index (χ4v) is 6.66. The Bertz CT molecular complexity index is 1510. The molecule has 2 heterocycles. The first kappa shape index (κ1) is 29.3. The molecule has 0 aliphatic carbocycles. The first-order valence-corrected chi connectivity index (χ1v) is 15.2. The third kappa shape index (κ3) is 6.44. The Kier molecular flexibility index (Phi) is 9.02. The van der Waals surface area contributed by atoms with Gasteiger partial charge in [0, 0.05) is 4.90 Å². The zero-order valence-electron chi connectivity index (χ0n) is 23.7. The van der Waals surface area contributed by atoms with Gasteiger partial charge in [0.2, 0.25) is 0 Å². The van der Waals surface area contributed by atoms with Crippen LogP contribution in [-0.4, -0.2) is 58.2 Å². The highest BCUT2D eigenvalue weighted by Gasteiger charge is 2.54. The lowest BCUT2D eigenvalue weighted by Gasteiger charge is -2.46. The smallest absolute Gasteiger partial charge is 0.262 e. The number of carbonyl (C=O) groups excluding carboxylic acids is 2. The van der Waals surface area contributed by atoms with E-state index in [0.29, 0.717) is 17.7 Å². The third-order valence-electron chi connectivity index (χ3n) is 7.72. The SMILES string of the molecule is Cc1ccc(S[C@@H]2O[C@H](COCc3ccccc3)[C@@H](OCc3ccccc3)[C@H](O)[C@H]2N2C(=O)c3ccccc3C2=O)cc1. The van der Waals surface area contributed by atoms with Crippen LogP contribution in [-0.2, 0) is 27.4 Å². The van der Waals surface area contributed by atoms with Gasteiger partial charge in [0.25, 0.3) is 11.8 Å². The molecule has 0 unspecified atom stereocenters. The van der Waals surface area contributed by atoms with Gasteiger partial charge in [-0.05, 0) is 42.3 Å². The van der Waals surface area contributed by atoms with Crippen molar-refractivity contribution < 1.29 is 28.9 Å². The highest BCUT2D eigenvalue weighted by Crippen LogP contribution is 2.40. The number of aliphatic hydroxyl groups is 1. The van der Waals surface area contributed by atoms with Crippen LogP contribution < -0.4 is 0 Å². The molecule has 7 nitrogen and oxygen atoms in total. The number of rotatable bonds is 10. The summed E-state index contributed by atoms with van der Waals surface area (Å²) in [5, 5.41) is 12.0. The maximum Gasteiger partial charge on any atom is 0.262 e.